The summed E-state index contributed by atoms with van der Waals surface area (Å²) in [7, 11) is 0. The fourth-order valence-electron chi connectivity index (χ4n) is 2.28. The summed E-state index contributed by atoms with van der Waals surface area (Å²) in [4.78, 5) is 31.2. The summed E-state index contributed by atoms with van der Waals surface area (Å²) in [6.45, 7) is 3.91. The fourth-order valence-corrected chi connectivity index (χ4v) is 3.14. The number of thiazole rings is 1. The average molecular weight is 301 g/mol. The second kappa shape index (κ2) is 5.29. The number of anilines is 2. The largest absolute Gasteiger partial charge is 0.349 e. The van der Waals surface area contributed by atoms with E-state index in [1.165, 1.54) is 16.2 Å². The molecule has 1 atom stereocenters. The first kappa shape index (κ1) is 13.8. The van der Waals surface area contributed by atoms with Crippen molar-refractivity contribution >= 4 is 34.0 Å². The Morgan fingerprint density at radius 1 is 1.24 bits per heavy atom. The molecular formula is C15H15N3O2S. The van der Waals surface area contributed by atoms with Gasteiger partial charge >= 0.3 is 0 Å². The van der Waals surface area contributed by atoms with Crippen LogP contribution in [0.4, 0.5) is 10.8 Å². The van der Waals surface area contributed by atoms with Gasteiger partial charge in [-0.1, -0.05) is 18.2 Å². The molecule has 1 unspecified atom stereocenters. The van der Waals surface area contributed by atoms with Crippen molar-refractivity contribution in [3.8, 4) is 0 Å². The minimum absolute atomic E-state index is 0.158. The molecule has 3 rings (SSSR count). The van der Waals surface area contributed by atoms with Crippen LogP contribution in [0.1, 0.15) is 17.0 Å². The highest BCUT2D eigenvalue weighted by Crippen LogP contribution is 2.27. The minimum Gasteiger partial charge on any atom is -0.349 e. The quantitative estimate of drug-likeness (QED) is 0.885. The summed E-state index contributed by atoms with van der Waals surface area (Å²) in [5, 5.41) is 3.76. The van der Waals surface area contributed by atoms with Crippen molar-refractivity contribution in [1.82, 2.24) is 4.98 Å². The summed E-state index contributed by atoms with van der Waals surface area (Å²) in [5.74, 6) is -0.412. The number of carbonyl (C=O) groups excluding carboxylic acids is 2. The summed E-state index contributed by atoms with van der Waals surface area (Å²) in [6, 6.07) is 8.45. The van der Waals surface area contributed by atoms with E-state index in [9.17, 15) is 9.59 Å². The molecule has 0 aliphatic carbocycles. The van der Waals surface area contributed by atoms with Gasteiger partial charge in [0.05, 0.1) is 17.8 Å². The first-order chi connectivity index (χ1) is 10.1. The third kappa shape index (κ3) is 2.54. The van der Waals surface area contributed by atoms with E-state index in [-0.39, 0.29) is 18.2 Å². The van der Waals surface area contributed by atoms with Crippen LogP contribution >= 0.6 is 11.3 Å². The van der Waals surface area contributed by atoms with Gasteiger partial charge in [0.2, 0.25) is 5.91 Å². The lowest BCUT2D eigenvalue weighted by atomic mass is 10.2. The van der Waals surface area contributed by atoms with Gasteiger partial charge in [0.25, 0.3) is 5.91 Å². The number of aryl methyl sites for hydroxylation is 2. The van der Waals surface area contributed by atoms with Crippen molar-refractivity contribution in [2.45, 2.75) is 26.3 Å². The van der Waals surface area contributed by atoms with Crippen molar-refractivity contribution in [2.24, 2.45) is 0 Å². The van der Waals surface area contributed by atoms with E-state index in [0.29, 0.717) is 10.8 Å². The Balaban J connectivity index is 1.80. The molecule has 6 heteroatoms. The normalized spacial score (nSPS) is 18.4. The summed E-state index contributed by atoms with van der Waals surface area (Å²) >= 11 is 1.50. The van der Waals surface area contributed by atoms with E-state index in [0.717, 1.165) is 10.6 Å². The molecule has 1 aromatic heterocycles. The number of carbonyl (C=O) groups is 2. The number of nitrogens with zero attached hydrogens (tertiary/aromatic N) is 2. The fraction of sp³-hybridized carbons (Fsp3) is 0.267. The van der Waals surface area contributed by atoms with Crippen LogP contribution in [0.15, 0.2) is 30.3 Å². The number of hydrogen-bond acceptors (Lipinski definition) is 5. The van der Waals surface area contributed by atoms with E-state index < -0.39 is 6.04 Å². The van der Waals surface area contributed by atoms with Crippen LogP contribution in [0.5, 0.6) is 0 Å². The molecule has 0 radical (unpaired) electrons. The molecule has 2 amide bonds. The second-order valence-electron chi connectivity index (χ2n) is 4.96. The number of nitrogens with one attached hydrogen (secondary N) is 1. The summed E-state index contributed by atoms with van der Waals surface area (Å²) in [5.41, 5.74) is 1.56. The van der Waals surface area contributed by atoms with Gasteiger partial charge < -0.3 is 5.32 Å². The zero-order chi connectivity index (χ0) is 15.0. The number of rotatable bonds is 3. The smallest absolute Gasteiger partial charge is 0.256 e. The molecule has 0 spiro atoms. The third-order valence-electron chi connectivity index (χ3n) is 3.49. The Kier molecular flexibility index (Phi) is 3.47. The van der Waals surface area contributed by atoms with E-state index >= 15 is 0 Å². The molecule has 1 N–H and O–H groups in total. The first-order valence-corrected chi connectivity index (χ1v) is 7.50. The number of para-hydroxylation sites is 1. The number of aromatic nitrogens is 1. The first-order valence-electron chi connectivity index (χ1n) is 6.68. The van der Waals surface area contributed by atoms with E-state index in [2.05, 4.69) is 10.3 Å². The van der Waals surface area contributed by atoms with Gasteiger partial charge in [0, 0.05) is 4.88 Å². The van der Waals surface area contributed by atoms with Gasteiger partial charge in [0.15, 0.2) is 5.13 Å². The molecule has 1 aliphatic rings. The maximum atomic E-state index is 12.4. The van der Waals surface area contributed by atoms with Crippen molar-refractivity contribution < 1.29 is 9.59 Å². The maximum Gasteiger partial charge on any atom is 0.256 e. The van der Waals surface area contributed by atoms with E-state index in [4.69, 9.17) is 0 Å². The van der Waals surface area contributed by atoms with Crippen LogP contribution in [-0.4, -0.2) is 22.8 Å². The lowest BCUT2D eigenvalue weighted by Crippen LogP contribution is -2.34. The molecule has 1 aliphatic heterocycles. The highest BCUT2D eigenvalue weighted by Gasteiger charge is 2.39. The van der Waals surface area contributed by atoms with E-state index in [1.807, 2.05) is 32.0 Å². The van der Waals surface area contributed by atoms with E-state index in [1.54, 1.807) is 12.1 Å². The van der Waals surface area contributed by atoms with Gasteiger partial charge in [-0.3, -0.25) is 9.59 Å². The Hall–Kier alpha value is -2.21. The third-order valence-corrected chi connectivity index (χ3v) is 4.49. The standard InChI is InChI=1S/C15H15N3O2S/c1-9-10(2)21-15(16-9)17-12-8-13(19)18(14(12)20)11-6-4-3-5-7-11/h3-7,12H,8H2,1-2H3,(H,16,17). The topological polar surface area (TPSA) is 62.3 Å². The predicted molar refractivity (Wildman–Crippen MR) is 82.6 cm³/mol. The molecule has 5 nitrogen and oxygen atoms in total. The molecule has 2 aromatic rings. The number of imide groups is 1. The Morgan fingerprint density at radius 2 is 1.95 bits per heavy atom. The van der Waals surface area contributed by atoms with Gasteiger partial charge in [0.1, 0.15) is 6.04 Å². The van der Waals surface area contributed by atoms with Crippen molar-refractivity contribution in [3.63, 3.8) is 0 Å². The monoisotopic (exact) mass is 301 g/mol. The average Bonchev–Trinajstić information content (AvgIpc) is 2.91. The zero-order valence-electron chi connectivity index (χ0n) is 11.8. The van der Waals surface area contributed by atoms with Gasteiger partial charge in [-0.05, 0) is 26.0 Å². The highest BCUT2D eigenvalue weighted by atomic mass is 32.1. The molecule has 108 valence electrons. The van der Waals surface area contributed by atoms with Crippen LogP contribution < -0.4 is 10.2 Å². The minimum atomic E-state index is -0.539. The van der Waals surface area contributed by atoms with Gasteiger partial charge in [-0.15, -0.1) is 11.3 Å². The lowest BCUT2D eigenvalue weighted by molar-refractivity contribution is -0.121. The summed E-state index contributed by atoms with van der Waals surface area (Å²) < 4.78 is 0. The Morgan fingerprint density at radius 3 is 2.57 bits per heavy atom. The predicted octanol–water partition coefficient (Wildman–Crippen LogP) is 2.50. The number of hydrogen-bond donors (Lipinski definition) is 1. The van der Waals surface area contributed by atoms with Crippen molar-refractivity contribution in [3.05, 3.63) is 40.9 Å². The molecule has 1 aromatic carbocycles. The summed E-state index contributed by atoms with van der Waals surface area (Å²) in [6.07, 6.45) is 0.158. The van der Waals surface area contributed by atoms with Crippen molar-refractivity contribution in [1.29, 1.82) is 0 Å². The molecule has 0 bridgehead atoms. The van der Waals surface area contributed by atoms with Crippen LogP contribution in [0.2, 0.25) is 0 Å². The molecule has 2 heterocycles. The SMILES string of the molecule is Cc1nc(NC2CC(=O)N(c3ccccc3)C2=O)sc1C. The number of benzene rings is 1. The lowest BCUT2D eigenvalue weighted by Gasteiger charge is -2.15. The van der Waals surface area contributed by atoms with Crippen LogP contribution in [0, 0.1) is 13.8 Å². The van der Waals surface area contributed by atoms with Crippen LogP contribution in [0.3, 0.4) is 0 Å². The molecular weight excluding hydrogens is 286 g/mol. The van der Waals surface area contributed by atoms with Gasteiger partial charge in [-0.25, -0.2) is 9.88 Å². The second-order valence-corrected chi connectivity index (χ2v) is 6.17. The zero-order valence-corrected chi connectivity index (χ0v) is 12.6. The van der Waals surface area contributed by atoms with Gasteiger partial charge in [-0.2, -0.15) is 0 Å². The van der Waals surface area contributed by atoms with Crippen LogP contribution in [0.25, 0.3) is 0 Å². The molecule has 0 saturated carbocycles. The Labute approximate surface area is 126 Å². The molecule has 1 fully saturated rings. The highest BCUT2D eigenvalue weighted by molar-refractivity contribution is 7.15. The van der Waals surface area contributed by atoms with Crippen molar-refractivity contribution in [2.75, 3.05) is 10.2 Å². The number of amides is 2. The maximum absolute atomic E-state index is 12.4. The molecule has 1 saturated heterocycles. The molecule has 21 heavy (non-hydrogen) atoms. The van der Waals surface area contributed by atoms with Crippen LogP contribution in [-0.2, 0) is 9.59 Å². The Bertz CT molecular complexity index is 677.